The van der Waals surface area contributed by atoms with E-state index in [1.165, 1.54) is 0 Å². The number of rotatable bonds is 4. The van der Waals surface area contributed by atoms with Gasteiger partial charge in [-0.2, -0.15) is 0 Å². The topological polar surface area (TPSA) is 74.6 Å². The van der Waals surface area contributed by atoms with Crippen molar-refractivity contribution in [1.82, 2.24) is 9.80 Å². The molecular weight excluding hydrogens is 472 g/mol. The molecule has 0 saturated carbocycles. The first-order valence-corrected chi connectivity index (χ1v) is 11.3. The van der Waals surface area contributed by atoms with E-state index >= 15 is 0 Å². The van der Waals surface area contributed by atoms with Crippen LogP contribution in [0.2, 0.25) is 0 Å². The molecule has 0 spiro atoms. The summed E-state index contributed by atoms with van der Waals surface area (Å²) < 4.78 is 71.7. The van der Waals surface area contributed by atoms with Gasteiger partial charge in [0.25, 0.3) is 0 Å². The van der Waals surface area contributed by atoms with Gasteiger partial charge in [-0.15, -0.1) is 0 Å². The highest BCUT2D eigenvalue weighted by atomic mass is 19.1. The maximum absolute atomic E-state index is 13.7. The second kappa shape index (κ2) is 13.6. The van der Waals surface area contributed by atoms with Crippen molar-refractivity contribution in [2.45, 2.75) is 13.1 Å². The van der Waals surface area contributed by atoms with Crippen LogP contribution in [0.15, 0.2) is 24.3 Å². The third kappa shape index (κ3) is 8.62. The van der Waals surface area contributed by atoms with Crippen molar-refractivity contribution in [2.24, 2.45) is 0 Å². The third-order valence-corrected chi connectivity index (χ3v) is 5.55. The molecule has 194 valence electrons. The van der Waals surface area contributed by atoms with Crippen molar-refractivity contribution in [3.05, 3.63) is 58.7 Å². The Labute approximate surface area is 201 Å². The van der Waals surface area contributed by atoms with Gasteiger partial charge in [0.1, 0.15) is 0 Å². The lowest BCUT2D eigenvalue weighted by Crippen LogP contribution is -2.33. The number of nitrogens with zero attached hydrogens (tertiary/aromatic N) is 2. The summed E-state index contributed by atoms with van der Waals surface area (Å²) in [6.07, 6.45) is 0. The van der Waals surface area contributed by atoms with Gasteiger partial charge in [-0.05, 0) is 35.4 Å². The van der Waals surface area contributed by atoms with E-state index in [9.17, 15) is 27.8 Å². The Morgan fingerprint density at radius 3 is 1.14 bits per heavy atom. The maximum Gasteiger partial charge on any atom is 0.187 e. The molecular formula is C24H30F4N2O5. The smallest absolute Gasteiger partial charge is 0.187 e. The minimum absolute atomic E-state index is 0.238. The highest BCUT2D eigenvalue weighted by molar-refractivity contribution is 5.30. The number of hydrogen-bond acceptors (Lipinski definition) is 7. The number of halogens is 4. The van der Waals surface area contributed by atoms with Crippen molar-refractivity contribution in [2.75, 3.05) is 65.8 Å². The Kier molecular flexibility index (Phi) is 10.5. The minimum Gasteiger partial charge on any atom is -0.503 e. The molecule has 0 unspecified atom stereocenters. The SMILES string of the molecule is Oc1c(F)cc(CN2CCOCCOCCN(Cc3cc(F)c(O)c(F)c3)CCOCC2)cc1F. The molecule has 0 atom stereocenters. The Hall–Kier alpha value is -2.44. The molecule has 1 heterocycles. The van der Waals surface area contributed by atoms with Gasteiger partial charge in [-0.3, -0.25) is 9.80 Å². The number of phenols is 2. The van der Waals surface area contributed by atoms with Gasteiger partial charge in [0, 0.05) is 39.3 Å². The quantitative estimate of drug-likeness (QED) is 0.623. The van der Waals surface area contributed by atoms with Crippen LogP contribution < -0.4 is 0 Å². The molecule has 1 aliphatic rings. The first-order chi connectivity index (χ1) is 16.8. The molecule has 0 radical (unpaired) electrons. The number of aromatic hydroxyl groups is 2. The molecule has 2 aromatic carbocycles. The first-order valence-electron chi connectivity index (χ1n) is 11.3. The average molecular weight is 503 g/mol. The van der Waals surface area contributed by atoms with Crippen LogP contribution in [-0.2, 0) is 27.3 Å². The van der Waals surface area contributed by atoms with Crippen molar-refractivity contribution in [1.29, 1.82) is 0 Å². The Morgan fingerprint density at radius 2 is 0.829 bits per heavy atom. The van der Waals surface area contributed by atoms with E-state index < -0.39 is 34.8 Å². The summed E-state index contributed by atoms with van der Waals surface area (Å²) in [5.41, 5.74) is 0.747. The summed E-state index contributed by atoms with van der Waals surface area (Å²) in [5, 5.41) is 18.6. The number of hydrogen-bond donors (Lipinski definition) is 2. The minimum atomic E-state index is -1.02. The van der Waals surface area contributed by atoms with E-state index in [4.69, 9.17) is 14.2 Å². The van der Waals surface area contributed by atoms with E-state index in [0.29, 0.717) is 76.9 Å². The monoisotopic (exact) mass is 502 g/mol. The maximum atomic E-state index is 13.7. The van der Waals surface area contributed by atoms with Gasteiger partial charge >= 0.3 is 0 Å². The van der Waals surface area contributed by atoms with Crippen LogP contribution in [0.4, 0.5) is 17.6 Å². The first kappa shape index (κ1) is 27.2. The molecule has 7 nitrogen and oxygen atoms in total. The largest absolute Gasteiger partial charge is 0.503 e. The fourth-order valence-corrected chi connectivity index (χ4v) is 3.67. The molecule has 11 heteroatoms. The highest BCUT2D eigenvalue weighted by Gasteiger charge is 2.15. The zero-order chi connectivity index (χ0) is 25.2. The molecule has 2 aromatic rings. The van der Waals surface area contributed by atoms with E-state index in [2.05, 4.69) is 0 Å². The highest BCUT2D eigenvalue weighted by Crippen LogP contribution is 2.23. The molecule has 1 saturated heterocycles. The van der Waals surface area contributed by atoms with Crippen LogP contribution in [0, 0.1) is 23.3 Å². The molecule has 3 rings (SSSR count). The molecule has 35 heavy (non-hydrogen) atoms. The summed E-state index contributed by atoms with van der Waals surface area (Å²) in [7, 11) is 0. The Morgan fingerprint density at radius 1 is 0.543 bits per heavy atom. The molecule has 2 N–H and O–H groups in total. The van der Waals surface area contributed by atoms with Crippen molar-refractivity contribution in [3.8, 4) is 11.5 Å². The lowest BCUT2D eigenvalue weighted by molar-refractivity contribution is 0.0310. The van der Waals surface area contributed by atoms with Crippen LogP contribution in [0.5, 0.6) is 11.5 Å². The zero-order valence-electron chi connectivity index (χ0n) is 19.3. The Balaban J connectivity index is 1.58. The van der Waals surface area contributed by atoms with E-state index in [1.807, 2.05) is 9.80 Å². The average Bonchev–Trinajstić information content (AvgIpc) is 2.82. The lowest BCUT2D eigenvalue weighted by atomic mass is 10.2. The number of phenolic OH excluding ortho intramolecular Hbond substituents is 2. The van der Waals surface area contributed by atoms with Crippen molar-refractivity contribution >= 4 is 0 Å². The summed E-state index contributed by atoms with van der Waals surface area (Å²) in [6, 6.07) is 4.37. The van der Waals surface area contributed by atoms with E-state index in [0.717, 1.165) is 24.3 Å². The third-order valence-electron chi connectivity index (χ3n) is 5.55. The summed E-state index contributed by atoms with van der Waals surface area (Å²) >= 11 is 0. The second-order valence-corrected chi connectivity index (χ2v) is 8.21. The fourth-order valence-electron chi connectivity index (χ4n) is 3.67. The van der Waals surface area contributed by atoms with Crippen LogP contribution in [0.1, 0.15) is 11.1 Å². The Bertz CT molecular complexity index is 844. The molecule has 0 amide bonds. The lowest BCUT2D eigenvalue weighted by Gasteiger charge is -2.24. The van der Waals surface area contributed by atoms with E-state index in [1.54, 1.807) is 0 Å². The van der Waals surface area contributed by atoms with Gasteiger partial charge in [-0.1, -0.05) is 0 Å². The predicted molar refractivity (Wildman–Crippen MR) is 119 cm³/mol. The van der Waals surface area contributed by atoms with Gasteiger partial charge in [0.15, 0.2) is 34.8 Å². The fraction of sp³-hybridized carbons (Fsp3) is 0.500. The van der Waals surface area contributed by atoms with Gasteiger partial charge in [0.05, 0.1) is 39.6 Å². The zero-order valence-corrected chi connectivity index (χ0v) is 19.3. The molecule has 0 bridgehead atoms. The molecule has 1 aliphatic heterocycles. The predicted octanol–water partition coefficient (Wildman–Crippen LogP) is 3.02. The molecule has 1 fully saturated rings. The van der Waals surface area contributed by atoms with Crippen molar-refractivity contribution in [3.63, 3.8) is 0 Å². The van der Waals surface area contributed by atoms with Crippen molar-refractivity contribution < 1.29 is 42.0 Å². The molecule has 0 aromatic heterocycles. The van der Waals surface area contributed by atoms with Crippen LogP contribution in [-0.4, -0.2) is 85.8 Å². The number of benzene rings is 2. The second-order valence-electron chi connectivity index (χ2n) is 8.21. The van der Waals surface area contributed by atoms with Crippen LogP contribution in [0.25, 0.3) is 0 Å². The summed E-state index contributed by atoms with van der Waals surface area (Å²) in [5.74, 6) is -6.07. The summed E-state index contributed by atoms with van der Waals surface area (Å²) in [6.45, 7) is 4.59. The van der Waals surface area contributed by atoms with Gasteiger partial charge in [-0.25, -0.2) is 17.6 Å². The summed E-state index contributed by atoms with van der Waals surface area (Å²) in [4.78, 5) is 3.84. The van der Waals surface area contributed by atoms with Gasteiger partial charge in [0.2, 0.25) is 0 Å². The van der Waals surface area contributed by atoms with Crippen LogP contribution in [0.3, 0.4) is 0 Å². The van der Waals surface area contributed by atoms with Crippen LogP contribution >= 0.6 is 0 Å². The number of ether oxygens (including phenoxy) is 3. The van der Waals surface area contributed by atoms with E-state index in [-0.39, 0.29) is 13.1 Å². The standard InChI is InChI=1S/C24H30F4N2O5/c25-19-11-17(12-20(26)23(19)31)15-29-1-5-33-6-2-30(4-8-35-10-9-34-7-3-29)16-18-13-21(27)24(32)22(28)14-18/h11-14,31-32H,1-10,15-16H2. The molecule has 0 aliphatic carbocycles. The normalized spacial score (nSPS) is 18.2. The van der Waals surface area contributed by atoms with Gasteiger partial charge < -0.3 is 24.4 Å².